The van der Waals surface area contributed by atoms with Crippen LogP contribution >= 0.6 is 11.8 Å². The zero-order valence-corrected chi connectivity index (χ0v) is 14.4. The second kappa shape index (κ2) is 6.66. The van der Waals surface area contributed by atoms with E-state index in [-0.39, 0.29) is 16.0 Å². The highest BCUT2D eigenvalue weighted by molar-refractivity contribution is 8.19. The lowest BCUT2D eigenvalue weighted by Gasteiger charge is -2.11. The van der Waals surface area contributed by atoms with Crippen molar-refractivity contribution in [2.24, 2.45) is 4.40 Å². The standard InChI is InChI=1S/C16H14N2O4S2/c1-2-18-15(19)14(11-12-7-6-10-22-12)23-16(18)17-24(20,21)13-8-4-3-5-9-13/h3-11H,2H2,1H3/b14-11-,17-16-. The summed E-state index contributed by atoms with van der Waals surface area (Å²) >= 11 is 1.02. The van der Waals surface area contributed by atoms with Crippen LogP contribution in [0.5, 0.6) is 0 Å². The molecule has 124 valence electrons. The number of furan rings is 1. The van der Waals surface area contributed by atoms with Gasteiger partial charge in [0, 0.05) is 12.6 Å². The van der Waals surface area contributed by atoms with E-state index >= 15 is 0 Å². The molecule has 3 rings (SSSR count). The molecule has 0 aliphatic carbocycles. The van der Waals surface area contributed by atoms with Gasteiger partial charge in [-0.2, -0.15) is 8.42 Å². The normalized spacial score (nSPS) is 18.7. The van der Waals surface area contributed by atoms with Gasteiger partial charge in [-0.15, -0.1) is 4.40 Å². The van der Waals surface area contributed by atoms with Crippen molar-refractivity contribution in [1.29, 1.82) is 0 Å². The Kier molecular flexibility index (Phi) is 4.59. The minimum absolute atomic E-state index is 0.0880. The third-order valence-corrected chi connectivity index (χ3v) is 5.66. The van der Waals surface area contributed by atoms with Crippen molar-refractivity contribution in [1.82, 2.24) is 4.90 Å². The molecule has 1 aliphatic heterocycles. The zero-order chi connectivity index (χ0) is 17.2. The van der Waals surface area contributed by atoms with E-state index in [1.165, 1.54) is 23.3 Å². The molecule has 2 aromatic rings. The highest BCUT2D eigenvalue weighted by atomic mass is 32.2. The number of carbonyl (C=O) groups is 1. The van der Waals surface area contributed by atoms with Crippen molar-refractivity contribution in [3.63, 3.8) is 0 Å². The van der Waals surface area contributed by atoms with Crippen molar-refractivity contribution in [2.45, 2.75) is 11.8 Å². The maximum Gasteiger partial charge on any atom is 0.284 e. The summed E-state index contributed by atoms with van der Waals surface area (Å²) in [5.41, 5.74) is 0. The molecular formula is C16H14N2O4S2. The van der Waals surface area contributed by atoms with E-state index < -0.39 is 10.0 Å². The fraction of sp³-hybridized carbons (Fsp3) is 0.125. The maximum atomic E-state index is 12.4. The van der Waals surface area contributed by atoms with Gasteiger partial charge >= 0.3 is 0 Å². The van der Waals surface area contributed by atoms with Gasteiger partial charge < -0.3 is 4.42 Å². The first-order valence-electron chi connectivity index (χ1n) is 7.16. The van der Waals surface area contributed by atoms with Crippen LogP contribution in [-0.2, 0) is 14.8 Å². The summed E-state index contributed by atoms with van der Waals surface area (Å²) in [6, 6.07) is 11.3. The first-order chi connectivity index (χ1) is 11.5. The smallest absolute Gasteiger partial charge is 0.284 e. The van der Waals surface area contributed by atoms with Crippen LogP contribution in [0.3, 0.4) is 0 Å². The number of likely N-dealkylation sites (N-methyl/N-ethyl adjacent to an activating group) is 1. The van der Waals surface area contributed by atoms with Crippen molar-refractivity contribution in [3.8, 4) is 0 Å². The molecule has 24 heavy (non-hydrogen) atoms. The zero-order valence-electron chi connectivity index (χ0n) is 12.7. The minimum Gasteiger partial charge on any atom is -0.465 e. The molecule has 8 heteroatoms. The number of amidine groups is 1. The van der Waals surface area contributed by atoms with E-state index in [0.717, 1.165) is 11.8 Å². The Morgan fingerprint density at radius 3 is 2.58 bits per heavy atom. The van der Waals surface area contributed by atoms with E-state index in [9.17, 15) is 13.2 Å². The highest BCUT2D eigenvalue weighted by Gasteiger charge is 2.34. The second-order valence-electron chi connectivity index (χ2n) is 4.84. The predicted octanol–water partition coefficient (Wildman–Crippen LogP) is 2.96. The first-order valence-corrected chi connectivity index (χ1v) is 9.42. The van der Waals surface area contributed by atoms with Crippen molar-refractivity contribution in [2.75, 3.05) is 6.54 Å². The van der Waals surface area contributed by atoms with Gasteiger partial charge in [-0.05, 0) is 43.0 Å². The number of thioether (sulfide) groups is 1. The van der Waals surface area contributed by atoms with E-state index in [1.54, 1.807) is 43.3 Å². The Morgan fingerprint density at radius 2 is 1.96 bits per heavy atom. The van der Waals surface area contributed by atoms with Crippen molar-refractivity contribution >= 4 is 38.9 Å². The molecule has 1 fully saturated rings. The number of amides is 1. The van der Waals surface area contributed by atoms with Crippen LogP contribution < -0.4 is 0 Å². The third-order valence-electron chi connectivity index (χ3n) is 3.26. The minimum atomic E-state index is -3.87. The fourth-order valence-corrected chi connectivity index (χ4v) is 4.35. The number of nitrogens with zero attached hydrogens (tertiary/aromatic N) is 2. The molecule has 0 bridgehead atoms. The maximum absolute atomic E-state index is 12.4. The summed E-state index contributed by atoms with van der Waals surface area (Å²) in [5, 5.41) is 0.143. The predicted molar refractivity (Wildman–Crippen MR) is 92.7 cm³/mol. The monoisotopic (exact) mass is 362 g/mol. The molecule has 1 aliphatic rings. The third kappa shape index (κ3) is 3.29. The summed E-state index contributed by atoms with van der Waals surface area (Å²) in [6.07, 6.45) is 3.08. The number of benzene rings is 1. The van der Waals surface area contributed by atoms with Gasteiger partial charge in [-0.25, -0.2) is 0 Å². The molecule has 0 saturated carbocycles. The van der Waals surface area contributed by atoms with Gasteiger partial charge in [0.15, 0.2) is 5.17 Å². The lowest BCUT2D eigenvalue weighted by atomic mass is 10.3. The topological polar surface area (TPSA) is 80.0 Å². The fourth-order valence-electron chi connectivity index (χ4n) is 2.11. The van der Waals surface area contributed by atoms with E-state index in [1.807, 2.05) is 0 Å². The summed E-state index contributed by atoms with van der Waals surface area (Å²) in [7, 11) is -3.87. The molecular weight excluding hydrogens is 348 g/mol. The quantitative estimate of drug-likeness (QED) is 0.781. The van der Waals surface area contributed by atoms with E-state index in [0.29, 0.717) is 17.2 Å². The summed E-state index contributed by atoms with van der Waals surface area (Å²) in [6.45, 7) is 2.09. The molecule has 1 aromatic heterocycles. The molecule has 0 spiro atoms. The van der Waals surface area contributed by atoms with Gasteiger partial charge in [0.2, 0.25) is 0 Å². The molecule has 0 atom stereocenters. The van der Waals surface area contributed by atoms with Crippen LogP contribution in [0.1, 0.15) is 12.7 Å². The van der Waals surface area contributed by atoms with E-state index in [4.69, 9.17) is 4.42 Å². The van der Waals surface area contributed by atoms with Crippen LogP contribution in [0.2, 0.25) is 0 Å². The Hall–Kier alpha value is -2.32. The number of sulfonamides is 1. The summed E-state index contributed by atoms with van der Waals surface area (Å²) in [5.74, 6) is 0.231. The van der Waals surface area contributed by atoms with Gasteiger partial charge in [-0.3, -0.25) is 9.69 Å². The summed E-state index contributed by atoms with van der Waals surface area (Å²) in [4.78, 5) is 14.2. The van der Waals surface area contributed by atoms with Crippen LogP contribution in [0.4, 0.5) is 0 Å². The average molecular weight is 362 g/mol. The largest absolute Gasteiger partial charge is 0.465 e. The Labute approximate surface area is 143 Å². The Balaban J connectivity index is 1.97. The van der Waals surface area contributed by atoms with Crippen molar-refractivity contribution < 1.29 is 17.6 Å². The average Bonchev–Trinajstić information content (AvgIpc) is 3.17. The molecule has 1 aromatic carbocycles. The number of carbonyl (C=O) groups excluding carboxylic acids is 1. The van der Waals surface area contributed by atoms with Crippen LogP contribution in [-0.4, -0.2) is 30.9 Å². The lowest BCUT2D eigenvalue weighted by molar-refractivity contribution is -0.122. The van der Waals surface area contributed by atoms with Crippen LogP contribution in [0.15, 0.2) is 67.3 Å². The van der Waals surface area contributed by atoms with Crippen LogP contribution in [0.25, 0.3) is 6.08 Å². The molecule has 1 amide bonds. The van der Waals surface area contributed by atoms with Gasteiger partial charge in [-0.1, -0.05) is 18.2 Å². The Morgan fingerprint density at radius 1 is 1.21 bits per heavy atom. The molecule has 2 heterocycles. The Bertz CT molecular complexity index is 901. The van der Waals surface area contributed by atoms with Gasteiger partial charge in [0.1, 0.15) is 5.76 Å². The molecule has 0 radical (unpaired) electrons. The molecule has 0 unspecified atom stereocenters. The molecule has 0 N–H and O–H groups in total. The SMILES string of the molecule is CCN1C(=O)/C(=C/c2ccco2)S/C1=N\S(=O)(=O)c1ccccc1. The van der Waals surface area contributed by atoms with Crippen molar-refractivity contribution in [3.05, 3.63) is 59.4 Å². The number of hydrogen-bond acceptors (Lipinski definition) is 5. The molecule has 6 nitrogen and oxygen atoms in total. The highest BCUT2D eigenvalue weighted by Crippen LogP contribution is 2.33. The van der Waals surface area contributed by atoms with E-state index in [2.05, 4.69) is 4.40 Å². The van der Waals surface area contributed by atoms with Gasteiger partial charge in [0.05, 0.1) is 16.1 Å². The van der Waals surface area contributed by atoms with Gasteiger partial charge in [0.25, 0.3) is 15.9 Å². The lowest BCUT2D eigenvalue weighted by Crippen LogP contribution is -2.29. The second-order valence-corrected chi connectivity index (χ2v) is 7.45. The first kappa shape index (κ1) is 16.5. The molecule has 1 saturated heterocycles. The summed E-state index contributed by atoms with van der Waals surface area (Å²) < 4.78 is 33.9. The number of hydrogen-bond donors (Lipinski definition) is 0. The van der Waals surface area contributed by atoms with Crippen LogP contribution in [0, 0.1) is 0 Å². The number of rotatable bonds is 4.